The minimum absolute atomic E-state index is 0.0395. The van der Waals surface area contributed by atoms with Crippen LogP contribution in [0.2, 0.25) is 0 Å². The fraction of sp³-hybridized carbons (Fsp3) is 0.176. The van der Waals surface area contributed by atoms with E-state index >= 15 is 0 Å². The molecule has 218 valence electrons. The summed E-state index contributed by atoms with van der Waals surface area (Å²) in [5.74, 6) is 2.69. The van der Waals surface area contributed by atoms with Crippen LogP contribution < -0.4 is 14.9 Å². The number of methoxy groups -OCH3 is 1. The fourth-order valence-electron chi connectivity index (χ4n) is 4.26. The van der Waals surface area contributed by atoms with Crippen LogP contribution in [0.25, 0.3) is 17.1 Å². The normalized spacial score (nSPS) is 11.4. The first-order valence-electron chi connectivity index (χ1n) is 13.8. The van der Waals surface area contributed by atoms with Gasteiger partial charge in [0.1, 0.15) is 17.2 Å². The van der Waals surface area contributed by atoms with Gasteiger partial charge in [-0.05, 0) is 65.1 Å². The summed E-state index contributed by atoms with van der Waals surface area (Å²) >= 11 is 1.28. The smallest absolute Gasteiger partial charge is 0.250 e. The van der Waals surface area contributed by atoms with Crippen LogP contribution in [-0.2, 0) is 10.2 Å². The van der Waals surface area contributed by atoms with Gasteiger partial charge in [0.25, 0.3) is 5.91 Å². The Morgan fingerprint density at radius 2 is 1.60 bits per heavy atom. The van der Waals surface area contributed by atoms with Crippen LogP contribution in [0.1, 0.15) is 31.9 Å². The number of thioether (sulfide) groups is 1. The third-order valence-corrected chi connectivity index (χ3v) is 7.47. The Balaban J connectivity index is 1.28. The van der Waals surface area contributed by atoms with Gasteiger partial charge in [-0.25, -0.2) is 5.43 Å². The van der Waals surface area contributed by atoms with Gasteiger partial charge in [-0.3, -0.25) is 9.36 Å². The topological polar surface area (TPSA) is 90.6 Å². The molecule has 8 nitrogen and oxygen atoms in total. The summed E-state index contributed by atoms with van der Waals surface area (Å²) in [4.78, 5) is 12.7. The first kappa shape index (κ1) is 29.6. The average molecular weight is 592 g/mol. The average Bonchev–Trinajstić information content (AvgIpc) is 3.44. The van der Waals surface area contributed by atoms with Crippen molar-refractivity contribution in [1.82, 2.24) is 20.2 Å². The second-order valence-electron chi connectivity index (χ2n) is 10.7. The molecule has 1 aromatic heterocycles. The quantitative estimate of drug-likeness (QED) is 0.104. The monoisotopic (exact) mass is 591 g/mol. The minimum Gasteiger partial charge on any atom is -0.497 e. The van der Waals surface area contributed by atoms with E-state index in [1.54, 1.807) is 13.3 Å². The van der Waals surface area contributed by atoms with Crippen molar-refractivity contribution in [3.05, 3.63) is 114 Å². The Labute approximate surface area is 255 Å². The van der Waals surface area contributed by atoms with Crippen LogP contribution in [0.3, 0.4) is 0 Å². The van der Waals surface area contributed by atoms with E-state index in [1.807, 2.05) is 83.4 Å². The highest BCUT2D eigenvalue weighted by atomic mass is 32.2. The van der Waals surface area contributed by atoms with Crippen molar-refractivity contribution < 1.29 is 14.3 Å². The number of para-hydroxylation sites is 1. The second kappa shape index (κ2) is 13.4. The van der Waals surface area contributed by atoms with E-state index in [0.29, 0.717) is 16.7 Å². The lowest BCUT2D eigenvalue weighted by Gasteiger charge is -2.19. The van der Waals surface area contributed by atoms with Gasteiger partial charge >= 0.3 is 0 Å². The van der Waals surface area contributed by atoms with Crippen molar-refractivity contribution >= 4 is 23.9 Å². The number of rotatable bonds is 10. The van der Waals surface area contributed by atoms with E-state index < -0.39 is 0 Å². The zero-order chi connectivity index (χ0) is 30.2. The number of hydrogen-bond donors (Lipinski definition) is 1. The van der Waals surface area contributed by atoms with E-state index in [-0.39, 0.29) is 17.1 Å². The number of carbonyl (C=O) groups is 1. The summed E-state index contributed by atoms with van der Waals surface area (Å²) in [7, 11) is 1.63. The molecule has 1 amide bonds. The molecule has 43 heavy (non-hydrogen) atoms. The molecule has 0 saturated carbocycles. The van der Waals surface area contributed by atoms with Gasteiger partial charge in [0.15, 0.2) is 11.0 Å². The maximum atomic E-state index is 12.7. The third kappa shape index (κ3) is 7.69. The van der Waals surface area contributed by atoms with Crippen molar-refractivity contribution in [2.45, 2.75) is 31.3 Å². The number of aromatic nitrogens is 3. The Kier molecular flexibility index (Phi) is 9.22. The van der Waals surface area contributed by atoms with Crippen molar-refractivity contribution in [2.24, 2.45) is 5.10 Å². The summed E-state index contributed by atoms with van der Waals surface area (Å²) in [6, 6.07) is 33.0. The molecule has 0 unspecified atom stereocenters. The van der Waals surface area contributed by atoms with Gasteiger partial charge in [0, 0.05) is 11.3 Å². The molecule has 0 bridgehead atoms. The highest BCUT2D eigenvalue weighted by Crippen LogP contribution is 2.31. The number of hydrazone groups is 1. The van der Waals surface area contributed by atoms with Crippen molar-refractivity contribution in [2.75, 3.05) is 12.9 Å². The molecule has 9 heteroatoms. The molecule has 0 saturated heterocycles. The minimum atomic E-state index is -0.265. The van der Waals surface area contributed by atoms with Gasteiger partial charge < -0.3 is 9.47 Å². The van der Waals surface area contributed by atoms with Gasteiger partial charge in [-0.15, -0.1) is 10.2 Å². The van der Waals surface area contributed by atoms with E-state index in [1.165, 1.54) is 17.3 Å². The highest BCUT2D eigenvalue weighted by molar-refractivity contribution is 7.99. The lowest BCUT2D eigenvalue weighted by atomic mass is 9.87. The van der Waals surface area contributed by atoms with Gasteiger partial charge in [-0.1, -0.05) is 87.1 Å². The molecule has 0 aliphatic carbocycles. The third-order valence-electron chi connectivity index (χ3n) is 6.55. The molecule has 0 spiro atoms. The SMILES string of the molecule is COc1ccc(-n2c(SCC(=O)NN=Cc3cccc(Oc4ccccc4)c3)nnc2-c2ccc(C(C)(C)C)cc2)cc1. The van der Waals surface area contributed by atoms with E-state index in [4.69, 9.17) is 9.47 Å². The molecule has 0 atom stereocenters. The van der Waals surface area contributed by atoms with Gasteiger partial charge in [0.05, 0.1) is 19.1 Å². The van der Waals surface area contributed by atoms with Crippen LogP contribution >= 0.6 is 11.8 Å². The number of amides is 1. The molecule has 0 aliphatic rings. The summed E-state index contributed by atoms with van der Waals surface area (Å²) in [6.45, 7) is 6.55. The standard InChI is InChI=1S/C34H33N5O3S/c1-34(2,3)26-15-13-25(14-16-26)32-37-38-33(39(32)27-17-19-28(41-4)20-18-27)43-23-31(40)36-35-22-24-9-8-12-30(21-24)42-29-10-6-5-7-11-29/h5-22H,23H2,1-4H3,(H,36,40). The fourth-order valence-corrected chi connectivity index (χ4v) is 5.00. The molecule has 5 aromatic rings. The Morgan fingerprint density at radius 1 is 0.884 bits per heavy atom. The molecular formula is C34H33N5O3S. The predicted octanol–water partition coefficient (Wildman–Crippen LogP) is 7.28. The van der Waals surface area contributed by atoms with Crippen molar-refractivity contribution in [1.29, 1.82) is 0 Å². The van der Waals surface area contributed by atoms with E-state index in [2.05, 4.69) is 65.8 Å². The number of nitrogens with zero attached hydrogens (tertiary/aromatic N) is 4. The number of hydrogen-bond acceptors (Lipinski definition) is 7. The van der Waals surface area contributed by atoms with Gasteiger partial charge in [0.2, 0.25) is 0 Å². The van der Waals surface area contributed by atoms with Crippen LogP contribution in [0, 0.1) is 0 Å². The molecule has 0 radical (unpaired) electrons. The largest absolute Gasteiger partial charge is 0.497 e. The molecular weight excluding hydrogens is 558 g/mol. The zero-order valence-electron chi connectivity index (χ0n) is 24.5. The van der Waals surface area contributed by atoms with Crippen molar-refractivity contribution in [3.63, 3.8) is 0 Å². The van der Waals surface area contributed by atoms with Crippen LogP contribution in [0.15, 0.2) is 113 Å². The second-order valence-corrected chi connectivity index (χ2v) is 11.7. The summed E-state index contributed by atoms with van der Waals surface area (Å²) in [5.41, 5.74) is 6.45. The van der Waals surface area contributed by atoms with E-state index in [0.717, 1.165) is 28.3 Å². The molecule has 5 rings (SSSR count). The zero-order valence-corrected chi connectivity index (χ0v) is 25.3. The number of nitrogens with one attached hydrogen (secondary N) is 1. The lowest BCUT2D eigenvalue weighted by molar-refractivity contribution is -0.118. The van der Waals surface area contributed by atoms with Gasteiger partial charge in [-0.2, -0.15) is 5.10 Å². The first-order chi connectivity index (χ1) is 20.8. The highest BCUT2D eigenvalue weighted by Gasteiger charge is 2.19. The summed E-state index contributed by atoms with van der Waals surface area (Å²) < 4.78 is 13.2. The maximum absolute atomic E-state index is 12.7. The first-order valence-corrected chi connectivity index (χ1v) is 14.8. The predicted molar refractivity (Wildman–Crippen MR) is 171 cm³/mol. The van der Waals surface area contributed by atoms with E-state index in [9.17, 15) is 4.79 Å². The molecule has 1 N–H and O–H groups in total. The molecule has 0 aliphatic heterocycles. The molecule has 1 heterocycles. The number of benzene rings is 4. The van der Waals surface area contributed by atoms with Crippen LogP contribution in [0.4, 0.5) is 0 Å². The lowest BCUT2D eigenvalue weighted by Crippen LogP contribution is -2.20. The summed E-state index contributed by atoms with van der Waals surface area (Å²) in [6.07, 6.45) is 1.58. The molecule has 4 aromatic carbocycles. The van der Waals surface area contributed by atoms with Crippen LogP contribution in [-0.4, -0.2) is 39.7 Å². The number of carbonyl (C=O) groups excluding carboxylic acids is 1. The number of ether oxygens (including phenoxy) is 2. The van der Waals surface area contributed by atoms with Crippen molar-refractivity contribution in [3.8, 4) is 34.3 Å². The molecule has 0 fully saturated rings. The van der Waals surface area contributed by atoms with Crippen LogP contribution in [0.5, 0.6) is 17.2 Å². The Hall–Kier alpha value is -4.89. The Bertz CT molecular complexity index is 1690. The Morgan fingerprint density at radius 3 is 2.30 bits per heavy atom. The summed E-state index contributed by atoms with van der Waals surface area (Å²) in [5, 5.41) is 13.7. The maximum Gasteiger partial charge on any atom is 0.250 e.